The van der Waals surface area contributed by atoms with Gasteiger partial charge in [-0.3, -0.25) is 0 Å². The molecule has 1 heterocycles. The molecule has 1 rings (SSSR count). The second-order valence-electron chi connectivity index (χ2n) is 3.89. The lowest BCUT2D eigenvalue weighted by atomic mass is 10.2. The van der Waals surface area contributed by atoms with Crippen LogP contribution in [0.4, 0.5) is 5.00 Å². The lowest BCUT2D eigenvalue weighted by Crippen LogP contribution is -2.23. The number of hydrogen-bond acceptors (Lipinski definition) is 5. The average Bonchev–Trinajstić information content (AvgIpc) is 2.50. The summed E-state index contributed by atoms with van der Waals surface area (Å²) in [5.74, 6) is 0.685. The third-order valence-electron chi connectivity index (χ3n) is 1.88. The predicted octanol–water partition coefficient (Wildman–Crippen LogP) is 1.67. The van der Waals surface area contributed by atoms with Gasteiger partial charge in [-0.05, 0) is 13.0 Å². The second-order valence-corrected chi connectivity index (χ2v) is 4.64. The van der Waals surface area contributed by atoms with Gasteiger partial charge in [0.25, 0.3) is 0 Å². The topological polar surface area (TPSA) is 41.1 Å². The van der Waals surface area contributed by atoms with Crippen molar-refractivity contribution in [3.8, 4) is 0 Å². The van der Waals surface area contributed by atoms with Crippen molar-refractivity contribution >= 4 is 16.5 Å². The molecular weight excluding hydrogens is 196 g/mol. The molecule has 0 radical (unpaired) electrons. The number of rotatable bonds is 5. The molecule has 0 amide bonds. The molecule has 1 N–H and O–H groups in total. The van der Waals surface area contributed by atoms with Crippen LogP contribution in [0.15, 0.2) is 0 Å². The molecule has 0 aliphatic carbocycles. The number of nitrogens with one attached hydrogen (secondary N) is 1. The van der Waals surface area contributed by atoms with Gasteiger partial charge in [0, 0.05) is 31.7 Å². The van der Waals surface area contributed by atoms with Crippen LogP contribution < -0.4 is 5.32 Å². The van der Waals surface area contributed by atoms with Crippen LogP contribution >= 0.6 is 11.5 Å². The molecule has 0 atom stereocenters. The Morgan fingerprint density at radius 3 is 2.79 bits per heavy atom. The zero-order valence-electron chi connectivity index (χ0n) is 9.24. The van der Waals surface area contributed by atoms with E-state index in [-0.39, 0.29) is 0 Å². The summed E-state index contributed by atoms with van der Waals surface area (Å²) in [4.78, 5) is 2.27. The van der Waals surface area contributed by atoms with Gasteiger partial charge in [0.05, 0.1) is 0 Å². The number of hydrogen-bond donors (Lipinski definition) is 1. The molecule has 0 bridgehead atoms. The van der Waals surface area contributed by atoms with Crippen molar-refractivity contribution in [1.29, 1.82) is 0 Å². The summed E-state index contributed by atoms with van der Waals surface area (Å²) in [7, 11) is 4.01. The minimum Gasteiger partial charge on any atom is -0.377 e. The third kappa shape index (κ3) is 3.23. The van der Waals surface area contributed by atoms with Crippen LogP contribution in [0.2, 0.25) is 0 Å². The van der Waals surface area contributed by atoms with E-state index in [1.165, 1.54) is 11.5 Å². The fraction of sp³-hybridized carbons (Fsp3) is 0.778. The molecule has 0 fully saturated rings. The maximum absolute atomic E-state index is 4.10. The van der Waals surface area contributed by atoms with Crippen LogP contribution in [0.25, 0.3) is 0 Å². The third-order valence-corrected chi connectivity index (χ3v) is 2.66. The first-order valence-corrected chi connectivity index (χ1v) is 5.58. The van der Waals surface area contributed by atoms with Crippen molar-refractivity contribution in [2.24, 2.45) is 5.92 Å². The monoisotopic (exact) mass is 214 g/mol. The Morgan fingerprint density at radius 2 is 2.21 bits per heavy atom. The normalized spacial score (nSPS) is 11.3. The Morgan fingerprint density at radius 1 is 1.50 bits per heavy atom. The van der Waals surface area contributed by atoms with E-state index in [2.05, 4.69) is 40.7 Å². The summed E-state index contributed by atoms with van der Waals surface area (Å²) in [6, 6.07) is 0. The highest BCUT2D eigenvalue weighted by Crippen LogP contribution is 2.18. The molecule has 0 saturated heterocycles. The van der Waals surface area contributed by atoms with Gasteiger partial charge in [-0.15, -0.1) is 5.10 Å². The van der Waals surface area contributed by atoms with Crippen LogP contribution in [0.5, 0.6) is 0 Å². The van der Waals surface area contributed by atoms with Crippen LogP contribution in [0.1, 0.15) is 19.5 Å². The van der Waals surface area contributed by atoms with Crippen molar-refractivity contribution in [2.45, 2.75) is 20.4 Å². The van der Waals surface area contributed by atoms with Crippen molar-refractivity contribution in [3.05, 3.63) is 5.69 Å². The molecule has 0 aliphatic heterocycles. The number of aromatic nitrogens is 2. The van der Waals surface area contributed by atoms with Gasteiger partial charge in [-0.25, -0.2) is 0 Å². The Hall–Kier alpha value is -0.680. The maximum Gasteiger partial charge on any atom is 0.134 e. The highest BCUT2D eigenvalue weighted by Gasteiger charge is 2.09. The lowest BCUT2D eigenvalue weighted by molar-refractivity contribution is 0.285. The molecule has 0 spiro atoms. The maximum atomic E-state index is 4.10. The minimum absolute atomic E-state index is 0.685. The van der Waals surface area contributed by atoms with Crippen LogP contribution in [-0.4, -0.2) is 35.1 Å². The van der Waals surface area contributed by atoms with E-state index in [0.29, 0.717) is 5.92 Å². The molecule has 80 valence electrons. The fourth-order valence-corrected chi connectivity index (χ4v) is 1.97. The molecule has 0 unspecified atom stereocenters. The first-order chi connectivity index (χ1) is 6.63. The highest BCUT2D eigenvalue weighted by molar-refractivity contribution is 7.10. The molecule has 0 aromatic carbocycles. The van der Waals surface area contributed by atoms with Crippen molar-refractivity contribution in [1.82, 2.24) is 14.5 Å². The SMILES string of the molecule is CNc1snnc1CN(C)CC(C)C. The first-order valence-electron chi connectivity index (χ1n) is 4.81. The quantitative estimate of drug-likeness (QED) is 0.809. The highest BCUT2D eigenvalue weighted by atomic mass is 32.1. The zero-order valence-corrected chi connectivity index (χ0v) is 10.1. The van der Waals surface area contributed by atoms with E-state index >= 15 is 0 Å². The van der Waals surface area contributed by atoms with Crippen LogP contribution in [0, 0.1) is 5.92 Å². The van der Waals surface area contributed by atoms with Crippen molar-refractivity contribution in [3.63, 3.8) is 0 Å². The Kier molecular flexibility index (Phi) is 4.28. The van der Waals surface area contributed by atoms with E-state index in [0.717, 1.165) is 23.8 Å². The average molecular weight is 214 g/mol. The minimum atomic E-state index is 0.685. The molecule has 14 heavy (non-hydrogen) atoms. The van der Waals surface area contributed by atoms with E-state index in [1.807, 2.05) is 7.05 Å². The molecule has 1 aromatic heterocycles. The number of anilines is 1. The Balaban J connectivity index is 2.51. The molecule has 0 saturated carbocycles. The Bertz CT molecular complexity index is 272. The molecule has 0 aliphatic rings. The standard InChI is InChI=1S/C9H18N4S/c1-7(2)5-13(4)6-8-9(10-3)14-12-11-8/h7,10H,5-6H2,1-4H3. The summed E-state index contributed by atoms with van der Waals surface area (Å²) < 4.78 is 3.93. The number of nitrogens with zero attached hydrogens (tertiary/aromatic N) is 3. The summed E-state index contributed by atoms with van der Waals surface area (Å²) >= 11 is 1.41. The second kappa shape index (κ2) is 5.26. The van der Waals surface area contributed by atoms with E-state index in [9.17, 15) is 0 Å². The van der Waals surface area contributed by atoms with Crippen LogP contribution in [-0.2, 0) is 6.54 Å². The van der Waals surface area contributed by atoms with E-state index in [1.54, 1.807) is 0 Å². The summed E-state index contributed by atoms with van der Waals surface area (Å²) in [5, 5.41) is 8.27. The molecule has 5 heteroatoms. The van der Waals surface area contributed by atoms with Gasteiger partial charge in [-0.2, -0.15) is 0 Å². The summed E-state index contributed by atoms with van der Waals surface area (Å²) in [6.45, 7) is 6.38. The van der Waals surface area contributed by atoms with E-state index < -0.39 is 0 Å². The summed E-state index contributed by atoms with van der Waals surface area (Å²) in [5.41, 5.74) is 1.04. The van der Waals surface area contributed by atoms with E-state index in [4.69, 9.17) is 0 Å². The van der Waals surface area contributed by atoms with Crippen molar-refractivity contribution < 1.29 is 0 Å². The summed E-state index contributed by atoms with van der Waals surface area (Å²) in [6.07, 6.45) is 0. The predicted molar refractivity (Wildman–Crippen MR) is 60.6 cm³/mol. The Labute approximate surface area is 89.5 Å². The smallest absolute Gasteiger partial charge is 0.134 e. The molecule has 1 aromatic rings. The fourth-order valence-electron chi connectivity index (χ4n) is 1.45. The van der Waals surface area contributed by atoms with Gasteiger partial charge < -0.3 is 10.2 Å². The molecular formula is C9H18N4S. The van der Waals surface area contributed by atoms with Gasteiger partial charge >= 0.3 is 0 Å². The van der Waals surface area contributed by atoms with Crippen molar-refractivity contribution in [2.75, 3.05) is 26.0 Å². The first kappa shape index (κ1) is 11.4. The van der Waals surface area contributed by atoms with Gasteiger partial charge in [0.2, 0.25) is 0 Å². The van der Waals surface area contributed by atoms with Gasteiger partial charge in [-0.1, -0.05) is 18.3 Å². The van der Waals surface area contributed by atoms with Crippen LogP contribution in [0.3, 0.4) is 0 Å². The molecule has 4 nitrogen and oxygen atoms in total. The largest absolute Gasteiger partial charge is 0.377 e. The zero-order chi connectivity index (χ0) is 10.6. The van der Waals surface area contributed by atoms with Gasteiger partial charge in [0.1, 0.15) is 10.7 Å². The van der Waals surface area contributed by atoms with Gasteiger partial charge in [0.15, 0.2) is 0 Å². The lowest BCUT2D eigenvalue weighted by Gasteiger charge is -2.17.